The average Bonchev–Trinajstić information content (AvgIpc) is 3.58. The van der Waals surface area contributed by atoms with Gasteiger partial charge in [-0.25, -0.2) is 4.98 Å². The number of piperidine rings is 3. The monoisotopic (exact) mass is 940 g/mol. The standard InChI is InChI=1S/C53H55F3N8O5/c1-32(57-49(66)37-10-14-42-36(26-37)4-2-5-41(42)35-8-11-38(12-9-35)53(54,55)56)45-6-3-7-47(59-45)58-39-20-22-61(23-21-39)29-34-30-62(31-34)28-33-18-24-63(25-19-33)40-13-15-43-44(27-40)52(69)64(51(43)68)46-16-17-48(65)60-50(46)67/h2-15,26-27,32-34,39,46H,16-25,28-31H2,1H3,(H,57,66)(H,58,59)(H,60,65,67)/t32-,46?/m0/s1. The van der Waals surface area contributed by atoms with Crippen LogP contribution < -0.4 is 20.9 Å². The summed E-state index contributed by atoms with van der Waals surface area (Å²) in [4.78, 5) is 77.4. The lowest BCUT2D eigenvalue weighted by Crippen LogP contribution is -2.54. The number of rotatable bonds is 12. The molecule has 16 heteroatoms. The molecule has 4 saturated heterocycles. The van der Waals surface area contributed by atoms with Crippen LogP contribution in [0.3, 0.4) is 0 Å². The minimum atomic E-state index is -4.41. The van der Waals surface area contributed by atoms with Crippen molar-refractivity contribution in [2.75, 3.05) is 62.6 Å². The van der Waals surface area contributed by atoms with Gasteiger partial charge < -0.3 is 25.3 Å². The molecule has 0 radical (unpaired) electrons. The summed E-state index contributed by atoms with van der Waals surface area (Å²) in [6.45, 7) is 10.1. The first kappa shape index (κ1) is 46.1. The van der Waals surface area contributed by atoms with E-state index >= 15 is 0 Å². The minimum Gasteiger partial charge on any atom is -0.371 e. The lowest BCUT2D eigenvalue weighted by molar-refractivity contribution is -0.138. The van der Waals surface area contributed by atoms with Crippen LogP contribution in [0, 0.1) is 11.8 Å². The van der Waals surface area contributed by atoms with E-state index in [1.807, 2.05) is 55.5 Å². The van der Waals surface area contributed by atoms with Crippen LogP contribution in [-0.4, -0.2) is 114 Å². The largest absolute Gasteiger partial charge is 0.416 e. The highest BCUT2D eigenvalue weighted by atomic mass is 19.4. The molecule has 13 nitrogen and oxygen atoms in total. The molecule has 4 aromatic carbocycles. The third kappa shape index (κ3) is 9.82. The molecular formula is C53H55F3N8O5. The fourth-order valence-corrected chi connectivity index (χ4v) is 10.8. The normalized spacial score (nSPS) is 20.5. The molecule has 5 aliphatic rings. The summed E-state index contributed by atoms with van der Waals surface area (Å²) in [6, 6.07) is 26.2. The quantitative estimate of drug-likeness (QED) is 0.107. The van der Waals surface area contributed by atoms with E-state index in [0.29, 0.717) is 40.1 Å². The van der Waals surface area contributed by atoms with Gasteiger partial charge in [0, 0.05) is 76.1 Å². The van der Waals surface area contributed by atoms with Crippen molar-refractivity contribution in [1.29, 1.82) is 0 Å². The summed E-state index contributed by atoms with van der Waals surface area (Å²) in [6.07, 6.45) is -0.0476. The molecule has 0 spiro atoms. The van der Waals surface area contributed by atoms with E-state index in [1.165, 1.54) is 12.1 Å². The fraction of sp³-hybridized carbons (Fsp3) is 0.396. The van der Waals surface area contributed by atoms with Gasteiger partial charge in [-0.3, -0.25) is 34.2 Å². The number of alkyl halides is 3. The van der Waals surface area contributed by atoms with Crippen LogP contribution >= 0.6 is 0 Å². The second-order valence-corrected chi connectivity index (χ2v) is 19.4. The summed E-state index contributed by atoms with van der Waals surface area (Å²) < 4.78 is 39.4. The molecule has 4 fully saturated rings. The summed E-state index contributed by atoms with van der Waals surface area (Å²) >= 11 is 0. The number of nitrogens with zero attached hydrogens (tertiary/aromatic N) is 5. The highest BCUT2D eigenvalue weighted by Crippen LogP contribution is 2.36. The molecule has 6 heterocycles. The molecule has 10 rings (SSSR count). The van der Waals surface area contributed by atoms with E-state index in [1.54, 1.807) is 24.3 Å². The van der Waals surface area contributed by atoms with Gasteiger partial charge in [0.2, 0.25) is 11.8 Å². The maximum absolute atomic E-state index is 13.5. The number of pyridine rings is 1. The summed E-state index contributed by atoms with van der Waals surface area (Å²) in [7, 11) is 0. The maximum atomic E-state index is 13.5. The number of aromatic nitrogens is 1. The van der Waals surface area contributed by atoms with Crippen LogP contribution in [0.4, 0.5) is 24.7 Å². The molecule has 1 aromatic heterocycles. The molecule has 0 aliphatic carbocycles. The van der Waals surface area contributed by atoms with Gasteiger partial charge in [0.05, 0.1) is 28.4 Å². The van der Waals surface area contributed by atoms with Crippen molar-refractivity contribution in [3.63, 3.8) is 0 Å². The van der Waals surface area contributed by atoms with E-state index < -0.39 is 41.4 Å². The predicted molar refractivity (Wildman–Crippen MR) is 256 cm³/mol. The van der Waals surface area contributed by atoms with Crippen LogP contribution in [0.1, 0.15) is 93.8 Å². The van der Waals surface area contributed by atoms with Crippen molar-refractivity contribution in [2.45, 2.75) is 69.8 Å². The summed E-state index contributed by atoms with van der Waals surface area (Å²) in [5.74, 6) is -0.161. The number of amides is 5. The minimum absolute atomic E-state index is 0.0915. The second-order valence-electron chi connectivity index (χ2n) is 19.4. The number of fused-ring (bicyclic) bond motifs is 2. The molecule has 0 saturated carbocycles. The van der Waals surface area contributed by atoms with Crippen LogP contribution in [0.2, 0.25) is 0 Å². The van der Waals surface area contributed by atoms with Gasteiger partial charge >= 0.3 is 6.18 Å². The number of likely N-dealkylation sites (tertiary alicyclic amines) is 2. The van der Waals surface area contributed by atoms with E-state index in [0.717, 1.165) is 129 Å². The molecule has 5 aliphatic heterocycles. The number of halogens is 3. The molecule has 1 unspecified atom stereocenters. The fourth-order valence-electron chi connectivity index (χ4n) is 10.8. The Bertz CT molecular complexity index is 2800. The zero-order valence-corrected chi connectivity index (χ0v) is 38.4. The lowest BCUT2D eigenvalue weighted by atomic mass is 9.91. The Morgan fingerprint density at radius 3 is 2.22 bits per heavy atom. The van der Waals surface area contributed by atoms with Crippen LogP contribution in [0.25, 0.3) is 21.9 Å². The Balaban J connectivity index is 0.640. The SMILES string of the molecule is C[C@H](NC(=O)c1ccc2c(-c3ccc(C(F)(F)F)cc3)cccc2c1)c1cccc(NC2CCN(CC3CN(CC4CCN(c5ccc6c(c5)C(=O)N(C5CCC(=O)NC5=O)C6=O)CC4)C3)CC2)n1. The number of carbonyl (C=O) groups is 5. The number of hydrogen-bond acceptors (Lipinski definition) is 10. The van der Waals surface area contributed by atoms with Crippen molar-refractivity contribution in [2.24, 2.45) is 11.8 Å². The van der Waals surface area contributed by atoms with Gasteiger partial charge in [0.1, 0.15) is 11.9 Å². The van der Waals surface area contributed by atoms with Gasteiger partial charge in [-0.1, -0.05) is 42.5 Å². The van der Waals surface area contributed by atoms with Crippen LogP contribution in [0.5, 0.6) is 0 Å². The average molecular weight is 941 g/mol. The smallest absolute Gasteiger partial charge is 0.371 e. The van der Waals surface area contributed by atoms with E-state index in [-0.39, 0.29) is 24.8 Å². The Hall–Kier alpha value is -6.65. The Morgan fingerprint density at radius 2 is 1.48 bits per heavy atom. The van der Waals surface area contributed by atoms with E-state index in [9.17, 15) is 37.1 Å². The van der Waals surface area contributed by atoms with Crippen molar-refractivity contribution in [3.8, 4) is 11.1 Å². The molecule has 69 heavy (non-hydrogen) atoms. The third-order valence-electron chi connectivity index (χ3n) is 14.6. The van der Waals surface area contributed by atoms with Gasteiger partial charge in [0.25, 0.3) is 17.7 Å². The molecule has 2 atom stereocenters. The lowest BCUT2D eigenvalue weighted by Gasteiger charge is -2.45. The van der Waals surface area contributed by atoms with Crippen molar-refractivity contribution < 1.29 is 37.1 Å². The highest BCUT2D eigenvalue weighted by Gasteiger charge is 2.45. The number of anilines is 2. The molecule has 5 amide bonds. The van der Waals surface area contributed by atoms with Gasteiger partial charge in [0.15, 0.2) is 0 Å². The van der Waals surface area contributed by atoms with E-state index in [4.69, 9.17) is 4.98 Å². The van der Waals surface area contributed by atoms with Gasteiger partial charge in [-0.05, 0) is 127 Å². The number of hydrogen-bond donors (Lipinski definition) is 3. The zero-order valence-electron chi connectivity index (χ0n) is 38.4. The van der Waals surface area contributed by atoms with Crippen LogP contribution in [0.15, 0.2) is 97.1 Å². The van der Waals surface area contributed by atoms with E-state index in [2.05, 4.69) is 30.7 Å². The third-order valence-corrected chi connectivity index (χ3v) is 14.6. The Kier molecular flexibility index (Phi) is 12.7. The predicted octanol–water partition coefficient (Wildman–Crippen LogP) is 7.54. The topological polar surface area (TPSA) is 147 Å². The second kappa shape index (κ2) is 19.0. The molecule has 0 bridgehead atoms. The van der Waals surface area contributed by atoms with Gasteiger partial charge in [-0.15, -0.1) is 0 Å². The zero-order chi connectivity index (χ0) is 48.0. The van der Waals surface area contributed by atoms with Crippen molar-refractivity contribution in [1.82, 2.24) is 30.3 Å². The Labute approximate surface area is 398 Å². The van der Waals surface area contributed by atoms with Gasteiger partial charge in [-0.2, -0.15) is 13.2 Å². The first-order chi connectivity index (χ1) is 33.2. The number of benzene rings is 4. The number of imide groups is 2. The Morgan fingerprint density at radius 1 is 0.754 bits per heavy atom. The van der Waals surface area contributed by atoms with Crippen molar-refractivity contribution >= 4 is 51.8 Å². The first-order valence-electron chi connectivity index (χ1n) is 24.0. The molecular weight excluding hydrogens is 886 g/mol. The first-order valence-corrected chi connectivity index (χ1v) is 24.0. The molecule has 5 aromatic rings. The van der Waals surface area contributed by atoms with Crippen molar-refractivity contribution in [3.05, 3.63) is 125 Å². The summed E-state index contributed by atoms with van der Waals surface area (Å²) in [5, 5.41) is 10.6. The molecule has 3 N–H and O–H groups in total. The van der Waals surface area contributed by atoms with Crippen LogP contribution in [-0.2, 0) is 15.8 Å². The highest BCUT2D eigenvalue weighted by molar-refractivity contribution is 6.23. The molecule has 358 valence electrons. The number of nitrogens with one attached hydrogen (secondary N) is 3. The number of carbonyl (C=O) groups excluding carboxylic acids is 5. The summed E-state index contributed by atoms with van der Waals surface area (Å²) in [5.41, 5.74) is 3.50. The maximum Gasteiger partial charge on any atom is 0.416 e.